The van der Waals surface area contributed by atoms with E-state index in [4.69, 9.17) is 4.74 Å². The van der Waals surface area contributed by atoms with Gasteiger partial charge in [0.25, 0.3) is 0 Å². The number of fused-ring (bicyclic) bond motifs is 1. The van der Waals surface area contributed by atoms with Gasteiger partial charge in [0.15, 0.2) is 0 Å². The maximum absolute atomic E-state index is 13.6. The molecular formula is C31H44N2O4S2. The summed E-state index contributed by atoms with van der Waals surface area (Å²) in [6.45, 7) is 10.6. The number of sulfonamides is 1. The van der Waals surface area contributed by atoms with Gasteiger partial charge in [-0.15, -0.1) is 11.3 Å². The Morgan fingerprint density at radius 1 is 0.897 bits per heavy atom. The minimum absolute atomic E-state index is 0.00559. The summed E-state index contributed by atoms with van der Waals surface area (Å²) in [7, 11) is -3.38. The highest BCUT2D eigenvalue weighted by molar-refractivity contribution is 7.92. The number of ether oxygens (including phenoxy) is 1. The van der Waals surface area contributed by atoms with Crippen molar-refractivity contribution in [1.29, 1.82) is 0 Å². The maximum Gasteiger partial charge on any atom is 0.229 e. The van der Waals surface area contributed by atoms with Gasteiger partial charge in [-0.1, -0.05) is 40.0 Å². The van der Waals surface area contributed by atoms with Crippen LogP contribution in [0.1, 0.15) is 86.5 Å². The molecule has 0 saturated heterocycles. The number of nitrogens with zero attached hydrogens (tertiary/aromatic N) is 1. The van der Waals surface area contributed by atoms with E-state index in [9.17, 15) is 13.2 Å². The Bertz CT molecular complexity index is 1290. The Morgan fingerprint density at radius 3 is 2.15 bits per heavy atom. The maximum atomic E-state index is 13.6. The van der Waals surface area contributed by atoms with Gasteiger partial charge in [-0.3, -0.25) is 9.52 Å². The number of anilines is 1. The standard InChI is InChI=1S/C31H44N2O4S2/c1-5-8-12-27-28-23-25(32-39(4,35)36)15-18-29(28)38-31(27)30(34)24-13-16-26(17-14-24)37-22-11-21-33(19-9-6-2)20-10-7-3/h13-18,23,32H,5-12,19-22H2,1-4H3. The number of rotatable bonds is 18. The minimum Gasteiger partial charge on any atom is -0.494 e. The fourth-order valence-corrected chi connectivity index (χ4v) is 6.37. The van der Waals surface area contributed by atoms with Crippen LogP contribution >= 0.6 is 11.3 Å². The van der Waals surface area contributed by atoms with Gasteiger partial charge in [0.05, 0.1) is 17.7 Å². The first-order valence-corrected chi connectivity index (χ1v) is 17.0. The first-order valence-electron chi connectivity index (χ1n) is 14.3. The van der Waals surface area contributed by atoms with E-state index >= 15 is 0 Å². The molecule has 0 fully saturated rings. The van der Waals surface area contributed by atoms with E-state index in [0.717, 1.165) is 77.8 Å². The van der Waals surface area contributed by atoms with E-state index in [0.29, 0.717) is 17.9 Å². The topological polar surface area (TPSA) is 75.7 Å². The lowest BCUT2D eigenvalue weighted by molar-refractivity contribution is 0.104. The molecule has 0 amide bonds. The summed E-state index contributed by atoms with van der Waals surface area (Å²) in [6.07, 6.45) is 9.75. The molecule has 0 bridgehead atoms. The Hall–Kier alpha value is -2.42. The number of carbonyl (C=O) groups excluding carboxylic acids is 1. The fourth-order valence-electron chi connectivity index (χ4n) is 4.62. The lowest BCUT2D eigenvalue weighted by Crippen LogP contribution is -2.28. The molecule has 2 aromatic carbocycles. The van der Waals surface area contributed by atoms with E-state index in [1.54, 1.807) is 6.07 Å². The van der Waals surface area contributed by atoms with Crippen LogP contribution in [-0.2, 0) is 16.4 Å². The first-order chi connectivity index (χ1) is 18.8. The molecule has 0 aliphatic rings. The minimum atomic E-state index is -3.38. The van der Waals surface area contributed by atoms with Crippen LogP contribution in [-0.4, -0.2) is 51.6 Å². The summed E-state index contributed by atoms with van der Waals surface area (Å²) in [5.74, 6) is 0.772. The van der Waals surface area contributed by atoms with Gasteiger partial charge < -0.3 is 9.64 Å². The van der Waals surface area contributed by atoms with E-state index in [1.807, 2.05) is 36.4 Å². The fraction of sp³-hybridized carbons (Fsp3) is 0.516. The highest BCUT2D eigenvalue weighted by Gasteiger charge is 2.20. The van der Waals surface area contributed by atoms with Crippen LogP contribution in [0.3, 0.4) is 0 Å². The van der Waals surface area contributed by atoms with Crippen LogP contribution in [0.5, 0.6) is 5.75 Å². The van der Waals surface area contributed by atoms with Crippen LogP contribution in [0.15, 0.2) is 42.5 Å². The number of carbonyl (C=O) groups is 1. The third-order valence-corrected chi connectivity index (χ3v) is 8.56. The molecule has 1 heterocycles. The quantitative estimate of drug-likeness (QED) is 0.126. The van der Waals surface area contributed by atoms with Crippen molar-refractivity contribution in [1.82, 2.24) is 4.90 Å². The number of ketones is 1. The summed E-state index contributed by atoms with van der Waals surface area (Å²) in [4.78, 5) is 16.9. The number of hydrogen-bond acceptors (Lipinski definition) is 6. The Labute approximate surface area is 238 Å². The number of unbranched alkanes of at least 4 members (excludes halogenated alkanes) is 3. The van der Waals surface area contributed by atoms with Gasteiger partial charge in [0.1, 0.15) is 5.75 Å². The van der Waals surface area contributed by atoms with Gasteiger partial charge in [-0.05, 0) is 98.6 Å². The van der Waals surface area contributed by atoms with E-state index in [1.165, 1.54) is 37.0 Å². The molecule has 1 aromatic heterocycles. The van der Waals surface area contributed by atoms with Crippen LogP contribution in [0, 0.1) is 0 Å². The summed E-state index contributed by atoms with van der Waals surface area (Å²) in [6, 6.07) is 12.9. The lowest BCUT2D eigenvalue weighted by atomic mass is 10.00. The normalized spacial score (nSPS) is 11.8. The molecule has 0 radical (unpaired) electrons. The molecule has 214 valence electrons. The van der Waals surface area contributed by atoms with Crippen molar-refractivity contribution in [3.8, 4) is 5.75 Å². The molecule has 0 aliphatic heterocycles. The number of thiophene rings is 1. The van der Waals surface area contributed by atoms with Crippen molar-refractivity contribution in [2.24, 2.45) is 0 Å². The molecule has 0 saturated carbocycles. The van der Waals surface area contributed by atoms with Crippen molar-refractivity contribution >= 4 is 42.9 Å². The summed E-state index contributed by atoms with van der Waals surface area (Å²) in [5.41, 5.74) is 2.14. The molecule has 0 unspecified atom stereocenters. The van der Waals surface area contributed by atoms with Crippen molar-refractivity contribution in [2.75, 3.05) is 37.2 Å². The average molecular weight is 573 g/mol. The zero-order chi connectivity index (χ0) is 28.3. The number of benzene rings is 2. The second-order valence-electron chi connectivity index (χ2n) is 10.2. The predicted octanol–water partition coefficient (Wildman–Crippen LogP) is 7.52. The van der Waals surface area contributed by atoms with Crippen LogP contribution in [0.25, 0.3) is 10.1 Å². The monoisotopic (exact) mass is 572 g/mol. The lowest BCUT2D eigenvalue weighted by Gasteiger charge is -2.21. The Balaban J connectivity index is 1.68. The van der Waals surface area contributed by atoms with Gasteiger partial charge >= 0.3 is 0 Å². The largest absolute Gasteiger partial charge is 0.494 e. The average Bonchev–Trinajstić information content (AvgIpc) is 3.27. The van der Waals surface area contributed by atoms with E-state index < -0.39 is 10.0 Å². The van der Waals surface area contributed by atoms with E-state index in [2.05, 4.69) is 30.4 Å². The smallest absolute Gasteiger partial charge is 0.229 e. The van der Waals surface area contributed by atoms with Crippen molar-refractivity contribution in [2.45, 2.75) is 72.1 Å². The second-order valence-corrected chi connectivity index (χ2v) is 13.0. The summed E-state index contributed by atoms with van der Waals surface area (Å²) in [5, 5.41) is 0.942. The molecule has 6 nitrogen and oxygen atoms in total. The molecule has 0 spiro atoms. The zero-order valence-corrected chi connectivity index (χ0v) is 25.6. The first kappa shape index (κ1) is 31.1. The Morgan fingerprint density at radius 2 is 1.54 bits per heavy atom. The van der Waals surface area contributed by atoms with E-state index in [-0.39, 0.29) is 5.78 Å². The van der Waals surface area contributed by atoms with Gasteiger partial charge in [-0.25, -0.2) is 8.42 Å². The molecule has 0 aliphatic carbocycles. The molecule has 3 rings (SSSR count). The van der Waals surface area contributed by atoms with Crippen LogP contribution in [0.4, 0.5) is 5.69 Å². The van der Waals surface area contributed by atoms with Gasteiger partial charge in [0.2, 0.25) is 15.8 Å². The van der Waals surface area contributed by atoms with Crippen molar-refractivity contribution in [3.63, 3.8) is 0 Å². The summed E-state index contributed by atoms with van der Waals surface area (Å²) < 4.78 is 33.0. The van der Waals surface area contributed by atoms with Crippen molar-refractivity contribution in [3.05, 3.63) is 58.5 Å². The van der Waals surface area contributed by atoms with Crippen molar-refractivity contribution < 1.29 is 17.9 Å². The summed E-state index contributed by atoms with van der Waals surface area (Å²) >= 11 is 1.48. The highest BCUT2D eigenvalue weighted by atomic mass is 32.2. The highest BCUT2D eigenvalue weighted by Crippen LogP contribution is 2.36. The van der Waals surface area contributed by atoms with Crippen LogP contribution in [0.2, 0.25) is 0 Å². The third-order valence-electron chi connectivity index (χ3n) is 6.74. The molecule has 3 aromatic rings. The zero-order valence-electron chi connectivity index (χ0n) is 23.9. The third kappa shape index (κ3) is 9.62. The number of hydrogen-bond donors (Lipinski definition) is 1. The molecule has 1 N–H and O–H groups in total. The van der Waals surface area contributed by atoms with Crippen LogP contribution < -0.4 is 9.46 Å². The predicted molar refractivity (Wildman–Crippen MR) is 165 cm³/mol. The SMILES string of the molecule is CCCCc1c(C(=O)c2ccc(OCCCN(CCCC)CCCC)cc2)sc2ccc(NS(C)(=O)=O)cc12. The second kappa shape index (κ2) is 15.4. The molecule has 0 atom stereocenters. The number of aryl methyl sites for hydroxylation is 1. The Kier molecular flexibility index (Phi) is 12.3. The molecule has 8 heteroatoms. The molecular weight excluding hydrogens is 528 g/mol. The van der Waals surface area contributed by atoms with Gasteiger partial charge in [-0.2, -0.15) is 0 Å². The van der Waals surface area contributed by atoms with Gasteiger partial charge in [0, 0.05) is 22.5 Å². The number of nitrogens with one attached hydrogen (secondary N) is 1. The molecule has 39 heavy (non-hydrogen) atoms.